The number of ether oxygens (including phenoxy) is 2. The molecule has 1 aromatic rings. The Bertz CT molecular complexity index is 738. The predicted molar refractivity (Wildman–Crippen MR) is 116 cm³/mol. The molecule has 0 bridgehead atoms. The lowest BCUT2D eigenvalue weighted by Crippen LogP contribution is -2.54. The van der Waals surface area contributed by atoms with E-state index in [4.69, 9.17) is 9.47 Å². The lowest BCUT2D eigenvalue weighted by Gasteiger charge is -2.30. The molecule has 166 valence electrons. The molecule has 1 N–H and O–H groups in total. The maximum absolute atomic E-state index is 13.0. The van der Waals surface area contributed by atoms with Gasteiger partial charge in [0.05, 0.1) is 18.9 Å². The highest BCUT2D eigenvalue weighted by atomic mass is 16.5. The van der Waals surface area contributed by atoms with Crippen molar-refractivity contribution in [2.24, 2.45) is 5.92 Å². The van der Waals surface area contributed by atoms with Crippen LogP contribution in [0, 0.1) is 5.92 Å². The fourth-order valence-corrected chi connectivity index (χ4v) is 3.73. The van der Waals surface area contributed by atoms with Crippen LogP contribution >= 0.6 is 0 Å². The molecule has 2 heterocycles. The Balaban J connectivity index is 1.79. The molecule has 30 heavy (non-hydrogen) atoms. The number of hydrogen-bond donors (Lipinski definition) is 1. The summed E-state index contributed by atoms with van der Waals surface area (Å²) >= 11 is 0. The molecule has 1 aliphatic carbocycles. The third-order valence-corrected chi connectivity index (χ3v) is 6.06. The number of aromatic nitrogens is 1. The van der Waals surface area contributed by atoms with E-state index in [1.165, 1.54) is 12.8 Å². The van der Waals surface area contributed by atoms with Crippen LogP contribution < -0.4 is 15.0 Å². The molecule has 0 radical (unpaired) electrons. The number of nitrogens with zero attached hydrogens (tertiary/aromatic N) is 2. The fourth-order valence-electron chi connectivity index (χ4n) is 3.73. The summed E-state index contributed by atoms with van der Waals surface area (Å²) in [7, 11) is 0. The summed E-state index contributed by atoms with van der Waals surface area (Å²) in [6.45, 7) is 8.64. The van der Waals surface area contributed by atoms with Gasteiger partial charge in [-0.15, -0.1) is 0 Å². The Morgan fingerprint density at radius 1 is 1.17 bits per heavy atom. The summed E-state index contributed by atoms with van der Waals surface area (Å²) in [5.74, 6) is 0.346. The van der Waals surface area contributed by atoms with Gasteiger partial charge in [0.2, 0.25) is 5.88 Å². The van der Waals surface area contributed by atoms with Crippen LogP contribution in [0.4, 0.5) is 5.69 Å². The number of rotatable bonds is 11. The van der Waals surface area contributed by atoms with Crippen LogP contribution in [0.3, 0.4) is 0 Å². The summed E-state index contributed by atoms with van der Waals surface area (Å²) in [5, 5.41) is 2.90. The van der Waals surface area contributed by atoms with Gasteiger partial charge in [0.15, 0.2) is 0 Å². The molecule has 1 aliphatic heterocycles. The quantitative estimate of drug-likeness (QED) is 0.553. The Morgan fingerprint density at radius 2 is 1.87 bits per heavy atom. The first kappa shape index (κ1) is 22.4. The summed E-state index contributed by atoms with van der Waals surface area (Å²) in [6.07, 6.45) is 6.33. The normalized spacial score (nSPS) is 16.4. The summed E-state index contributed by atoms with van der Waals surface area (Å²) in [5.41, 5.74) is 0.166. The van der Waals surface area contributed by atoms with E-state index in [2.05, 4.69) is 15.2 Å². The SMILES string of the molecule is CCCOC(=O)C(CC)(CC)NC(=O)c1ccc(N2CCCC2)c(OCC2CC2)n1. The first-order valence-electron chi connectivity index (χ1n) is 11.4. The van der Waals surface area contributed by atoms with Crippen LogP contribution in [0.25, 0.3) is 0 Å². The van der Waals surface area contributed by atoms with Crippen LogP contribution in [0.2, 0.25) is 0 Å². The molecule has 0 spiro atoms. The van der Waals surface area contributed by atoms with Gasteiger partial charge in [-0.05, 0) is 63.0 Å². The second-order valence-corrected chi connectivity index (χ2v) is 8.35. The highest BCUT2D eigenvalue weighted by molar-refractivity contribution is 5.97. The minimum atomic E-state index is -1.05. The Labute approximate surface area is 179 Å². The van der Waals surface area contributed by atoms with Crippen molar-refractivity contribution in [3.05, 3.63) is 17.8 Å². The number of anilines is 1. The van der Waals surface area contributed by atoms with Gasteiger partial charge in [-0.1, -0.05) is 20.8 Å². The minimum absolute atomic E-state index is 0.262. The van der Waals surface area contributed by atoms with Crippen LogP contribution in [0.15, 0.2) is 12.1 Å². The summed E-state index contributed by atoms with van der Waals surface area (Å²) in [6, 6.07) is 3.64. The third-order valence-electron chi connectivity index (χ3n) is 6.06. The van der Waals surface area contributed by atoms with Crippen molar-refractivity contribution in [3.63, 3.8) is 0 Å². The van der Waals surface area contributed by atoms with Crippen molar-refractivity contribution in [2.75, 3.05) is 31.2 Å². The first-order valence-corrected chi connectivity index (χ1v) is 11.4. The predicted octanol–water partition coefficient (Wildman–Crippen LogP) is 3.71. The molecule has 1 aromatic heterocycles. The molecule has 0 atom stereocenters. The molecular formula is C23H35N3O4. The van der Waals surface area contributed by atoms with Crippen LogP contribution in [0.1, 0.15) is 76.2 Å². The van der Waals surface area contributed by atoms with Crippen molar-refractivity contribution in [1.29, 1.82) is 0 Å². The van der Waals surface area contributed by atoms with E-state index in [9.17, 15) is 9.59 Å². The van der Waals surface area contributed by atoms with Crippen LogP contribution in [-0.2, 0) is 9.53 Å². The average molecular weight is 418 g/mol. The topological polar surface area (TPSA) is 80.8 Å². The number of pyridine rings is 1. The third kappa shape index (κ3) is 5.24. The maximum Gasteiger partial charge on any atom is 0.331 e. The van der Waals surface area contributed by atoms with E-state index in [1.807, 2.05) is 26.8 Å². The molecule has 0 unspecified atom stereocenters. The van der Waals surface area contributed by atoms with E-state index < -0.39 is 5.54 Å². The molecule has 2 fully saturated rings. The van der Waals surface area contributed by atoms with Gasteiger partial charge in [-0.25, -0.2) is 9.78 Å². The lowest BCUT2D eigenvalue weighted by molar-refractivity contribution is -0.151. The van der Waals surface area contributed by atoms with E-state index in [0.717, 1.165) is 38.0 Å². The van der Waals surface area contributed by atoms with Crippen molar-refractivity contribution in [2.45, 2.75) is 71.3 Å². The van der Waals surface area contributed by atoms with Gasteiger partial charge >= 0.3 is 5.97 Å². The van der Waals surface area contributed by atoms with Crippen molar-refractivity contribution < 1.29 is 19.1 Å². The van der Waals surface area contributed by atoms with Gasteiger partial charge in [0, 0.05) is 13.1 Å². The van der Waals surface area contributed by atoms with Gasteiger partial charge in [-0.3, -0.25) is 4.79 Å². The molecule has 0 aromatic carbocycles. The van der Waals surface area contributed by atoms with Gasteiger partial charge in [0.1, 0.15) is 11.2 Å². The fraction of sp³-hybridized carbons (Fsp3) is 0.696. The molecule has 7 nitrogen and oxygen atoms in total. The summed E-state index contributed by atoms with van der Waals surface area (Å²) < 4.78 is 11.4. The molecule has 1 saturated carbocycles. The molecule has 1 amide bonds. The van der Waals surface area contributed by atoms with Gasteiger partial charge in [0.25, 0.3) is 5.91 Å². The zero-order valence-electron chi connectivity index (χ0n) is 18.5. The largest absolute Gasteiger partial charge is 0.476 e. The average Bonchev–Trinajstić information content (AvgIpc) is 3.45. The number of amides is 1. The zero-order valence-corrected chi connectivity index (χ0v) is 18.5. The van der Waals surface area contributed by atoms with Gasteiger partial charge in [-0.2, -0.15) is 0 Å². The van der Waals surface area contributed by atoms with Crippen molar-refractivity contribution >= 4 is 17.6 Å². The molecule has 3 rings (SSSR count). The van der Waals surface area contributed by atoms with Crippen LogP contribution in [0.5, 0.6) is 5.88 Å². The lowest BCUT2D eigenvalue weighted by atomic mass is 9.92. The smallest absolute Gasteiger partial charge is 0.331 e. The molecule has 7 heteroatoms. The van der Waals surface area contributed by atoms with E-state index in [0.29, 0.717) is 37.9 Å². The van der Waals surface area contributed by atoms with Gasteiger partial charge < -0.3 is 19.7 Å². The van der Waals surface area contributed by atoms with Crippen LogP contribution in [-0.4, -0.2) is 48.7 Å². The first-order chi connectivity index (χ1) is 14.5. The summed E-state index contributed by atoms with van der Waals surface area (Å²) in [4.78, 5) is 32.5. The highest BCUT2D eigenvalue weighted by Gasteiger charge is 2.38. The number of carbonyl (C=O) groups is 2. The number of carbonyl (C=O) groups excluding carboxylic acids is 2. The monoisotopic (exact) mass is 417 g/mol. The maximum atomic E-state index is 13.0. The Hall–Kier alpha value is -2.31. The van der Waals surface area contributed by atoms with E-state index in [-0.39, 0.29) is 17.6 Å². The second-order valence-electron chi connectivity index (χ2n) is 8.35. The van der Waals surface area contributed by atoms with Crippen molar-refractivity contribution in [1.82, 2.24) is 10.3 Å². The second kappa shape index (κ2) is 10.1. The standard InChI is InChI=1S/C23H35N3O4/c1-4-15-29-22(28)23(5-2,6-3)25-20(27)18-11-12-19(26-13-7-8-14-26)21(24-18)30-16-17-9-10-17/h11-12,17H,4-10,13-16H2,1-3H3,(H,25,27). The van der Waals surface area contributed by atoms with Crippen molar-refractivity contribution in [3.8, 4) is 5.88 Å². The Morgan fingerprint density at radius 3 is 2.47 bits per heavy atom. The minimum Gasteiger partial charge on any atom is -0.476 e. The molecule has 2 aliphatic rings. The van der Waals surface area contributed by atoms with E-state index in [1.54, 1.807) is 6.07 Å². The number of hydrogen-bond acceptors (Lipinski definition) is 6. The molecular weight excluding hydrogens is 382 g/mol. The highest BCUT2D eigenvalue weighted by Crippen LogP contribution is 2.33. The molecule has 1 saturated heterocycles. The Kier molecular flexibility index (Phi) is 7.56. The number of nitrogens with one attached hydrogen (secondary N) is 1. The number of esters is 1. The van der Waals surface area contributed by atoms with E-state index >= 15 is 0 Å². The zero-order chi connectivity index (χ0) is 21.6.